The van der Waals surface area contributed by atoms with E-state index in [1.54, 1.807) is 18.2 Å². The van der Waals surface area contributed by atoms with E-state index in [-0.39, 0.29) is 30.8 Å². The maximum absolute atomic E-state index is 13.5. The molecule has 0 saturated heterocycles. The minimum atomic E-state index is -0.671. The number of hydrogen-bond donors (Lipinski definition) is 1. The fourth-order valence-corrected chi connectivity index (χ4v) is 4.00. The molecular formula is C28H33N3O5. The summed E-state index contributed by atoms with van der Waals surface area (Å²) in [5.41, 5.74) is 4.89. The SMILES string of the molecule is COC[C@H]1[C@H](c2ccccc2)OC(=O)CC/C=C/CCC(=O)N1Cc1ccc(/C=N/NC(C)=O)cc1. The number of cyclic esters (lactones) is 1. The normalized spacial score (nSPS) is 20.3. The van der Waals surface area contributed by atoms with Gasteiger partial charge in [-0.15, -0.1) is 0 Å². The molecule has 1 heterocycles. The van der Waals surface area contributed by atoms with Gasteiger partial charge in [0.1, 0.15) is 6.10 Å². The molecule has 36 heavy (non-hydrogen) atoms. The molecule has 0 radical (unpaired) electrons. The number of nitrogens with zero attached hydrogens (tertiary/aromatic N) is 2. The van der Waals surface area contributed by atoms with Gasteiger partial charge in [-0.25, -0.2) is 5.43 Å². The van der Waals surface area contributed by atoms with E-state index in [2.05, 4.69) is 10.5 Å². The van der Waals surface area contributed by atoms with Crippen LogP contribution in [0.1, 0.15) is 55.4 Å². The van der Waals surface area contributed by atoms with Crippen LogP contribution >= 0.6 is 0 Å². The second-order valence-corrected chi connectivity index (χ2v) is 8.58. The Morgan fingerprint density at radius 2 is 1.78 bits per heavy atom. The average molecular weight is 492 g/mol. The summed E-state index contributed by atoms with van der Waals surface area (Å²) >= 11 is 0. The number of rotatable bonds is 7. The number of allylic oxidation sites excluding steroid dienone is 2. The third-order valence-electron chi connectivity index (χ3n) is 5.77. The molecule has 2 aromatic carbocycles. The van der Waals surface area contributed by atoms with Gasteiger partial charge in [0.2, 0.25) is 11.8 Å². The molecule has 8 nitrogen and oxygen atoms in total. The topological polar surface area (TPSA) is 97.3 Å². The first kappa shape index (κ1) is 26.8. The number of hydrogen-bond acceptors (Lipinski definition) is 6. The molecule has 1 aliphatic heterocycles. The van der Waals surface area contributed by atoms with Gasteiger partial charge in [0.15, 0.2) is 0 Å². The quantitative estimate of drug-likeness (QED) is 0.274. The third-order valence-corrected chi connectivity index (χ3v) is 5.77. The van der Waals surface area contributed by atoms with Crippen molar-refractivity contribution in [2.75, 3.05) is 13.7 Å². The summed E-state index contributed by atoms with van der Waals surface area (Å²) in [4.78, 5) is 38.9. The molecule has 0 spiro atoms. The fourth-order valence-electron chi connectivity index (χ4n) is 4.00. The lowest BCUT2D eigenvalue weighted by atomic mass is 9.99. The number of hydrazone groups is 1. The van der Waals surface area contributed by atoms with Crippen LogP contribution in [0.15, 0.2) is 71.9 Å². The van der Waals surface area contributed by atoms with Gasteiger partial charge in [-0.1, -0.05) is 66.7 Å². The molecule has 1 aliphatic rings. The van der Waals surface area contributed by atoms with Crippen molar-refractivity contribution in [2.24, 2.45) is 5.10 Å². The Labute approximate surface area is 212 Å². The van der Waals surface area contributed by atoms with Gasteiger partial charge >= 0.3 is 5.97 Å². The summed E-state index contributed by atoms with van der Waals surface area (Å²) < 4.78 is 11.5. The van der Waals surface area contributed by atoms with Crippen molar-refractivity contribution >= 4 is 24.0 Å². The summed E-state index contributed by atoms with van der Waals surface area (Å²) in [5, 5.41) is 3.88. The lowest BCUT2D eigenvalue weighted by Gasteiger charge is -2.37. The van der Waals surface area contributed by atoms with Crippen molar-refractivity contribution in [3.05, 3.63) is 83.4 Å². The van der Waals surface area contributed by atoms with Crippen LogP contribution in [0.3, 0.4) is 0 Å². The van der Waals surface area contributed by atoms with E-state index in [0.717, 1.165) is 16.7 Å². The zero-order valence-corrected chi connectivity index (χ0v) is 20.8. The van der Waals surface area contributed by atoms with Crippen LogP contribution in [0.4, 0.5) is 0 Å². The van der Waals surface area contributed by atoms with Gasteiger partial charge in [-0.05, 0) is 29.5 Å². The predicted molar refractivity (Wildman–Crippen MR) is 137 cm³/mol. The second kappa shape index (κ2) is 13.9. The third kappa shape index (κ3) is 8.16. The van der Waals surface area contributed by atoms with E-state index in [9.17, 15) is 14.4 Å². The molecule has 8 heteroatoms. The smallest absolute Gasteiger partial charge is 0.306 e. The highest BCUT2D eigenvalue weighted by Gasteiger charge is 2.34. The van der Waals surface area contributed by atoms with Crippen LogP contribution in [0.5, 0.6) is 0 Å². The van der Waals surface area contributed by atoms with Crippen molar-refractivity contribution in [1.82, 2.24) is 10.3 Å². The molecule has 2 aromatic rings. The van der Waals surface area contributed by atoms with Gasteiger partial charge < -0.3 is 14.4 Å². The van der Waals surface area contributed by atoms with Crippen molar-refractivity contribution in [3.8, 4) is 0 Å². The summed E-state index contributed by atoms with van der Waals surface area (Å²) in [6.07, 6.45) is 6.53. The van der Waals surface area contributed by atoms with Crippen LogP contribution in [0.25, 0.3) is 0 Å². The van der Waals surface area contributed by atoms with Crippen LogP contribution in [0.2, 0.25) is 0 Å². The zero-order valence-electron chi connectivity index (χ0n) is 20.8. The average Bonchev–Trinajstić information content (AvgIpc) is 2.87. The molecule has 1 N–H and O–H groups in total. The summed E-state index contributed by atoms with van der Waals surface area (Å²) in [6, 6.07) is 16.5. The maximum atomic E-state index is 13.5. The maximum Gasteiger partial charge on any atom is 0.306 e. The Hall–Kier alpha value is -3.78. The number of methoxy groups -OCH3 is 1. The van der Waals surface area contributed by atoms with Crippen LogP contribution in [-0.4, -0.2) is 48.7 Å². The Bertz CT molecular complexity index is 1070. The number of benzene rings is 2. The molecule has 0 saturated carbocycles. The zero-order chi connectivity index (χ0) is 25.8. The van der Waals surface area contributed by atoms with Crippen molar-refractivity contribution < 1.29 is 23.9 Å². The summed E-state index contributed by atoms with van der Waals surface area (Å²) in [5.74, 6) is -0.606. The first-order valence-electron chi connectivity index (χ1n) is 12.0. The van der Waals surface area contributed by atoms with E-state index < -0.39 is 12.1 Å². The van der Waals surface area contributed by atoms with Crippen LogP contribution in [-0.2, 0) is 30.4 Å². The highest BCUT2D eigenvalue weighted by molar-refractivity contribution is 5.81. The monoisotopic (exact) mass is 491 g/mol. The molecule has 190 valence electrons. The molecule has 0 aromatic heterocycles. The molecule has 0 fully saturated rings. The van der Waals surface area contributed by atoms with Gasteiger partial charge in [0.05, 0.1) is 18.9 Å². The highest BCUT2D eigenvalue weighted by atomic mass is 16.5. The second-order valence-electron chi connectivity index (χ2n) is 8.58. The predicted octanol–water partition coefficient (Wildman–Crippen LogP) is 3.91. The van der Waals surface area contributed by atoms with Gasteiger partial charge in [-0.3, -0.25) is 14.4 Å². The molecule has 0 bridgehead atoms. The number of ether oxygens (including phenoxy) is 2. The summed E-state index contributed by atoms with van der Waals surface area (Å²) in [7, 11) is 1.58. The molecule has 0 aliphatic carbocycles. The highest BCUT2D eigenvalue weighted by Crippen LogP contribution is 2.29. The largest absolute Gasteiger partial charge is 0.455 e. The van der Waals surface area contributed by atoms with Crippen LogP contribution in [0, 0.1) is 0 Å². The van der Waals surface area contributed by atoms with Gasteiger partial charge in [-0.2, -0.15) is 5.10 Å². The summed E-state index contributed by atoms with van der Waals surface area (Å²) in [6.45, 7) is 1.91. The first-order valence-corrected chi connectivity index (χ1v) is 12.0. The first-order chi connectivity index (χ1) is 17.5. The number of nitrogens with one attached hydrogen (secondary N) is 1. The van der Waals surface area contributed by atoms with Crippen molar-refractivity contribution in [3.63, 3.8) is 0 Å². The Balaban J connectivity index is 1.94. The number of carbonyl (C=O) groups is 3. The lowest BCUT2D eigenvalue weighted by molar-refractivity contribution is -0.159. The van der Waals surface area contributed by atoms with Gasteiger partial charge in [0.25, 0.3) is 0 Å². The van der Waals surface area contributed by atoms with E-state index in [1.807, 2.05) is 66.7 Å². The Morgan fingerprint density at radius 3 is 2.44 bits per heavy atom. The van der Waals surface area contributed by atoms with Gasteiger partial charge in [0, 0.05) is 33.4 Å². The van der Waals surface area contributed by atoms with Crippen LogP contribution < -0.4 is 5.43 Å². The number of carbonyl (C=O) groups excluding carboxylic acids is 3. The van der Waals surface area contributed by atoms with Crippen molar-refractivity contribution in [2.45, 2.75) is 51.3 Å². The number of esters is 1. The molecular weight excluding hydrogens is 458 g/mol. The van der Waals surface area contributed by atoms with E-state index in [1.165, 1.54) is 6.92 Å². The molecule has 3 rings (SSSR count). The van der Waals surface area contributed by atoms with E-state index >= 15 is 0 Å². The molecule has 0 unspecified atom stereocenters. The lowest BCUT2D eigenvalue weighted by Crippen LogP contribution is -2.47. The minimum Gasteiger partial charge on any atom is -0.455 e. The van der Waals surface area contributed by atoms with E-state index in [4.69, 9.17) is 9.47 Å². The van der Waals surface area contributed by atoms with Crippen molar-refractivity contribution in [1.29, 1.82) is 0 Å². The molecule has 2 atom stereocenters. The minimum absolute atomic E-state index is 0.0458. The standard InChI is InChI=1S/C28H33N3O5/c1-21(32)30-29-18-22-14-16-23(17-15-22)19-31-25(20-35-2)28(24-10-6-5-7-11-24)36-27(34)13-9-4-3-8-12-26(31)33/h3-7,10-11,14-18,25,28H,8-9,12-13,19-20H2,1-2H3,(H,30,32)/b4-3+,29-18+/t25-,28-/m0/s1. The Kier molecular flexibility index (Phi) is 10.4. The number of amides is 2. The Morgan fingerprint density at radius 1 is 1.08 bits per heavy atom. The van der Waals surface area contributed by atoms with E-state index in [0.29, 0.717) is 25.8 Å². The molecule has 2 amide bonds. The fraction of sp³-hybridized carbons (Fsp3) is 0.357.